The Balaban J connectivity index is 2.15. The molecule has 0 spiro atoms. The topological polar surface area (TPSA) is 44.9 Å². The number of benzene rings is 1. The Bertz CT molecular complexity index is 570. The molecule has 6 heteroatoms. The van der Waals surface area contributed by atoms with Gasteiger partial charge in [0.05, 0.1) is 9.50 Å². The van der Waals surface area contributed by atoms with Gasteiger partial charge in [-0.15, -0.1) is 0 Å². The first-order valence-electron chi connectivity index (χ1n) is 4.66. The second-order valence-corrected chi connectivity index (χ2v) is 4.61. The van der Waals surface area contributed by atoms with E-state index in [1.165, 1.54) is 30.5 Å². The molecule has 0 aliphatic heterocycles. The van der Waals surface area contributed by atoms with Crippen molar-refractivity contribution in [2.75, 3.05) is 5.32 Å². The molecule has 2 rings (SSSR count). The van der Waals surface area contributed by atoms with Gasteiger partial charge in [0, 0.05) is 11.9 Å². The van der Waals surface area contributed by atoms with Crippen LogP contribution in [0, 0.1) is 5.82 Å². The van der Waals surface area contributed by atoms with Gasteiger partial charge in [0.25, 0.3) is 5.91 Å². The number of amides is 1. The minimum absolute atomic E-state index is 0.291. The number of anilines is 1. The summed E-state index contributed by atoms with van der Waals surface area (Å²) in [6.45, 7) is 0. The molecule has 0 saturated heterocycles. The zero-order chi connectivity index (χ0) is 12.4. The second kappa shape index (κ2) is 4.89. The minimum atomic E-state index is -0.383. The van der Waals surface area contributed by atoms with Crippen molar-refractivity contribution in [3.8, 4) is 0 Å². The van der Waals surface area contributed by atoms with Gasteiger partial charge in [-0.25, -0.2) is 4.39 Å². The number of halogens is 3. The summed E-state index contributed by atoms with van der Waals surface area (Å²) in [5, 5.41) is 3.07. The van der Waals surface area contributed by atoms with Crippen molar-refractivity contribution in [3.63, 3.8) is 0 Å². The lowest BCUT2D eigenvalue weighted by Gasteiger charge is -2.04. The molecule has 0 bridgehead atoms. The van der Waals surface area contributed by atoms with Crippen LogP contribution in [0.2, 0.25) is 5.02 Å². The van der Waals surface area contributed by atoms with Gasteiger partial charge in [-0.05, 0) is 40.2 Å². The van der Waals surface area contributed by atoms with Crippen molar-refractivity contribution in [3.05, 3.63) is 51.5 Å². The smallest absolute Gasteiger partial charge is 0.272 e. The standard InChI is InChI=1S/C11H7BrClFN2O/c12-8-4-7(1-2-9(8)14)16-11(17)10-3-6(13)5-15-10/h1-5,15H,(H,16,17). The van der Waals surface area contributed by atoms with Crippen LogP contribution in [-0.2, 0) is 0 Å². The molecular weight excluding hydrogens is 310 g/mol. The molecule has 0 radical (unpaired) electrons. The summed E-state index contributed by atoms with van der Waals surface area (Å²) in [6.07, 6.45) is 1.51. The van der Waals surface area contributed by atoms with E-state index in [0.717, 1.165) is 0 Å². The molecule has 0 unspecified atom stereocenters. The summed E-state index contributed by atoms with van der Waals surface area (Å²) in [5.74, 6) is -0.721. The van der Waals surface area contributed by atoms with Crippen LogP contribution in [0.5, 0.6) is 0 Å². The number of aromatic nitrogens is 1. The number of nitrogens with one attached hydrogen (secondary N) is 2. The number of aromatic amines is 1. The number of hydrogen-bond acceptors (Lipinski definition) is 1. The van der Waals surface area contributed by atoms with E-state index in [1.54, 1.807) is 0 Å². The Labute approximate surface area is 110 Å². The predicted molar refractivity (Wildman–Crippen MR) is 67.9 cm³/mol. The Morgan fingerprint density at radius 2 is 2.18 bits per heavy atom. The van der Waals surface area contributed by atoms with E-state index >= 15 is 0 Å². The Morgan fingerprint density at radius 1 is 1.41 bits per heavy atom. The van der Waals surface area contributed by atoms with Gasteiger partial charge >= 0.3 is 0 Å². The lowest BCUT2D eigenvalue weighted by Crippen LogP contribution is -2.12. The molecule has 0 aliphatic carbocycles. The van der Waals surface area contributed by atoms with Gasteiger partial charge in [0.2, 0.25) is 0 Å². The van der Waals surface area contributed by atoms with Gasteiger partial charge < -0.3 is 10.3 Å². The molecule has 3 nitrogen and oxygen atoms in total. The third-order valence-electron chi connectivity index (χ3n) is 2.07. The molecule has 1 heterocycles. The zero-order valence-corrected chi connectivity index (χ0v) is 10.8. The number of carbonyl (C=O) groups is 1. The fraction of sp³-hybridized carbons (Fsp3) is 0. The summed E-state index contributed by atoms with van der Waals surface area (Å²) in [7, 11) is 0. The molecule has 1 amide bonds. The minimum Gasteiger partial charge on any atom is -0.356 e. The van der Waals surface area contributed by atoms with Crippen molar-refractivity contribution in [2.45, 2.75) is 0 Å². The fourth-order valence-corrected chi connectivity index (χ4v) is 1.81. The van der Waals surface area contributed by atoms with E-state index < -0.39 is 0 Å². The van der Waals surface area contributed by atoms with Crippen LogP contribution in [0.25, 0.3) is 0 Å². The predicted octanol–water partition coefficient (Wildman–Crippen LogP) is 3.82. The van der Waals surface area contributed by atoms with Crippen molar-refractivity contribution in [1.82, 2.24) is 4.98 Å². The first-order chi connectivity index (χ1) is 8.06. The van der Waals surface area contributed by atoms with Gasteiger partial charge in [-0.3, -0.25) is 4.79 Å². The summed E-state index contributed by atoms with van der Waals surface area (Å²) in [4.78, 5) is 14.4. The van der Waals surface area contributed by atoms with Crippen LogP contribution in [0.3, 0.4) is 0 Å². The maximum atomic E-state index is 13.0. The summed E-state index contributed by atoms with van der Waals surface area (Å²) < 4.78 is 13.3. The van der Waals surface area contributed by atoms with E-state index in [2.05, 4.69) is 26.2 Å². The van der Waals surface area contributed by atoms with Crippen LogP contribution in [-0.4, -0.2) is 10.9 Å². The number of hydrogen-bond donors (Lipinski definition) is 2. The van der Waals surface area contributed by atoms with Crippen LogP contribution in [0.4, 0.5) is 10.1 Å². The van der Waals surface area contributed by atoms with Crippen molar-refractivity contribution < 1.29 is 9.18 Å². The SMILES string of the molecule is O=C(Nc1ccc(F)c(Br)c1)c1cc(Cl)c[nH]1. The summed E-state index contributed by atoms with van der Waals surface area (Å²) in [5.41, 5.74) is 0.837. The number of H-pyrrole nitrogens is 1. The molecule has 88 valence electrons. The Kier molecular flexibility index (Phi) is 3.49. The van der Waals surface area contributed by atoms with Crippen molar-refractivity contribution >= 4 is 39.1 Å². The Hall–Kier alpha value is -1.33. The van der Waals surface area contributed by atoms with Gasteiger partial charge in [-0.1, -0.05) is 11.6 Å². The highest BCUT2D eigenvalue weighted by molar-refractivity contribution is 9.10. The molecule has 0 atom stereocenters. The number of carbonyl (C=O) groups excluding carboxylic acids is 1. The average Bonchev–Trinajstić information content (AvgIpc) is 2.70. The molecular formula is C11H7BrClFN2O. The van der Waals surface area contributed by atoms with Gasteiger partial charge in [0.15, 0.2) is 0 Å². The molecule has 1 aromatic heterocycles. The largest absolute Gasteiger partial charge is 0.356 e. The molecule has 0 aliphatic rings. The molecule has 2 aromatic rings. The summed E-state index contributed by atoms with van der Waals surface area (Å²) >= 11 is 8.73. The molecule has 1 aromatic carbocycles. The van der Waals surface area contributed by atoms with E-state index in [4.69, 9.17) is 11.6 Å². The maximum absolute atomic E-state index is 13.0. The van der Waals surface area contributed by atoms with Gasteiger partial charge in [-0.2, -0.15) is 0 Å². The highest BCUT2D eigenvalue weighted by atomic mass is 79.9. The van der Waals surface area contributed by atoms with Crippen LogP contribution in [0.15, 0.2) is 34.9 Å². The van der Waals surface area contributed by atoms with E-state index in [1.807, 2.05) is 0 Å². The highest BCUT2D eigenvalue weighted by Gasteiger charge is 2.09. The quantitative estimate of drug-likeness (QED) is 0.869. The fourth-order valence-electron chi connectivity index (χ4n) is 1.27. The first-order valence-corrected chi connectivity index (χ1v) is 5.83. The van der Waals surface area contributed by atoms with Crippen LogP contribution < -0.4 is 5.32 Å². The maximum Gasteiger partial charge on any atom is 0.272 e. The normalized spacial score (nSPS) is 10.3. The number of rotatable bonds is 2. The van der Waals surface area contributed by atoms with Crippen LogP contribution >= 0.6 is 27.5 Å². The van der Waals surface area contributed by atoms with E-state index in [9.17, 15) is 9.18 Å². The summed E-state index contributed by atoms with van der Waals surface area (Å²) in [6, 6.07) is 5.73. The molecule has 0 fully saturated rings. The lowest BCUT2D eigenvalue weighted by molar-refractivity contribution is 0.102. The second-order valence-electron chi connectivity index (χ2n) is 3.31. The Morgan fingerprint density at radius 3 is 2.76 bits per heavy atom. The zero-order valence-electron chi connectivity index (χ0n) is 8.43. The average molecular weight is 318 g/mol. The third-order valence-corrected chi connectivity index (χ3v) is 2.90. The van der Waals surface area contributed by atoms with Crippen molar-refractivity contribution in [2.24, 2.45) is 0 Å². The molecule has 17 heavy (non-hydrogen) atoms. The molecule has 0 saturated carbocycles. The van der Waals surface area contributed by atoms with Gasteiger partial charge in [0.1, 0.15) is 11.5 Å². The first kappa shape index (κ1) is 12.1. The van der Waals surface area contributed by atoms with Crippen LogP contribution in [0.1, 0.15) is 10.5 Å². The highest BCUT2D eigenvalue weighted by Crippen LogP contribution is 2.20. The van der Waals surface area contributed by atoms with E-state index in [-0.39, 0.29) is 11.7 Å². The lowest BCUT2D eigenvalue weighted by atomic mass is 10.3. The van der Waals surface area contributed by atoms with Crippen molar-refractivity contribution in [1.29, 1.82) is 0 Å². The van der Waals surface area contributed by atoms with E-state index in [0.29, 0.717) is 20.9 Å². The molecule has 2 N–H and O–H groups in total. The third kappa shape index (κ3) is 2.87. The monoisotopic (exact) mass is 316 g/mol.